The van der Waals surface area contributed by atoms with E-state index in [1.807, 2.05) is 18.5 Å². The second-order valence-electron chi connectivity index (χ2n) is 5.73. The second-order valence-corrected chi connectivity index (χ2v) is 7.49. The van der Waals surface area contributed by atoms with Gasteiger partial charge in [0.2, 0.25) is 10.0 Å². The highest BCUT2D eigenvalue weighted by Gasteiger charge is 2.18. The minimum absolute atomic E-state index is 0.135. The molecule has 1 aromatic rings. The van der Waals surface area contributed by atoms with E-state index in [2.05, 4.69) is 23.9 Å². The molecule has 122 valence electrons. The molecule has 0 amide bonds. The number of nitrogens with one attached hydrogen (secondary N) is 2. The molecule has 6 nitrogen and oxygen atoms in total. The standard InChI is InChI=1S/C14H27N3O3S/c1-11(2)15-8-13-6-14(9-17(13)4)21(18,19)16-7-12(3)10-20-5/h6,9,11-12,15-16H,7-8,10H2,1-5H3. The first-order valence-corrected chi connectivity index (χ1v) is 8.61. The fourth-order valence-corrected chi connectivity index (χ4v) is 3.15. The Morgan fingerprint density at radius 3 is 2.57 bits per heavy atom. The van der Waals surface area contributed by atoms with Gasteiger partial charge in [0.05, 0.1) is 4.90 Å². The van der Waals surface area contributed by atoms with Gasteiger partial charge in [0.15, 0.2) is 0 Å². The van der Waals surface area contributed by atoms with Crippen LogP contribution in [-0.2, 0) is 28.4 Å². The Morgan fingerprint density at radius 2 is 2.00 bits per heavy atom. The van der Waals surface area contributed by atoms with E-state index in [4.69, 9.17) is 4.74 Å². The van der Waals surface area contributed by atoms with Crippen molar-refractivity contribution < 1.29 is 13.2 Å². The molecule has 1 heterocycles. The van der Waals surface area contributed by atoms with Gasteiger partial charge in [-0.1, -0.05) is 20.8 Å². The van der Waals surface area contributed by atoms with Crippen LogP contribution < -0.4 is 10.0 Å². The third kappa shape index (κ3) is 5.78. The van der Waals surface area contributed by atoms with Gasteiger partial charge >= 0.3 is 0 Å². The fourth-order valence-electron chi connectivity index (χ4n) is 1.89. The lowest BCUT2D eigenvalue weighted by Gasteiger charge is -2.11. The van der Waals surface area contributed by atoms with E-state index in [-0.39, 0.29) is 5.92 Å². The van der Waals surface area contributed by atoms with Crippen molar-refractivity contribution in [1.82, 2.24) is 14.6 Å². The Morgan fingerprint density at radius 1 is 1.33 bits per heavy atom. The molecule has 1 atom stereocenters. The van der Waals surface area contributed by atoms with Gasteiger partial charge in [0.1, 0.15) is 0 Å². The lowest BCUT2D eigenvalue weighted by molar-refractivity contribution is 0.161. The molecule has 21 heavy (non-hydrogen) atoms. The van der Waals surface area contributed by atoms with E-state index >= 15 is 0 Å². The molecule has 0 saturated heterocycles. The number of aryl methyl sites for hydroxylation is 1. The maximum Gasteiger partial charge on any atom is 0.242 e. The van der Waals surface area contributed by atoms with E-state index in [9.17, 15) is 8.42 Å². The Kier molecular flexibility index (Phi) is 6.86. The number of aromatic nitrogens is 1. The van der Waals surface area contributed by atoms with Crippen LogP contribution >= 0.6 is 0 Å². The summed E-state index contributed by atoms with van der Waals surface area (Å²) in [6.07, 6.45) is 1.64. The summed E-state index contributed by atoms with van der Waals surface area (Å²) < 4.78 is 34.0. The van der Waals surface area contributed by atoms with Crippen molar-refractivity contribution >= 4 is 10.0 Å². The van der Waals surface area contributed by atoms with Gasteiger partial charge in [-0.05, 0) is 12.0 Å². The van der Waals surface area contributed by atoms with Gasteiger partial charge in [-0.3, -0.25) is 0 Å². The van der Waals surface area contributed by atoms with E-state index in [1.54, 1.807) is 19.4 Å². The quantitative estimate of drug-likeness (QED) is 0.715. The van der Waals surface area contributed by atoms with Crippen molar-refractivity contribution in [3.63, 3.8) is 0 Å². The van der Waals surface area contributed by atoms with Crippen LogP contribution in [0, 0.1) is 5.92 Å². The highest BCUT2D eigenvalue weighted by molar-refractivity contribution is 7.89. The zero-order chi connectivity index (χ0) is 16.0. The molecule has 0 spiro atoms. The first-order chi connectivity index (χ1) is 9.76. The molecule has 0 aromatic carbocycles. The number of nitrogens with zero attached hydrogens (tertiary/aromatic N) is 1. The number of hydrogen-bond donors (Lipinski definition) is 2. The molecule has 7 heteroatoms. The lowest BCUT2D eigenvalue weighted by Crippen LogP contribution is -2.29. The largest absolute Gasteiger partial charge is 0.384 e. The number of sulfonamides is 1. The average molecular weight is 317 g/mol. The van der Waals surface area contributed by atoms with Gasteiger partial charge in [0, 0.05) is 51.8 Å². The van der Waals surface area contributed by atoms with Crippen molar-refractivity contribution in [2.45, 2.75) is 38.3 Å². The zero-order valence-corrected chi connectivity index (χ0v) is 14.3. The Labute approximate surface area is 127 Å². The number of methoxy groups -OCH3 is 1. The summed E-state index contributed by atoms with van der Waals surface area (Å²) in [4.78, 5) is 0.301. The van der Waals surface area contributed by atoms with Crippen LogP contribution in [0.5, 0.6) is 0 Å². The second kappa shape index (κ2) is 7.93. The van der Waals surface area contributed by atoms with E-state index < -0.39 is 10.0 Å². The van der Waals surface area contributed by atoms with Gasteiger partial charge in [-0.2, -0.15) is 0 Å². The molecule has 1 rings (SSSR count). The Bertz CT molecular complexity index is 538. The highest BCUT2D eigenvalue weighted by Crippen LogP contribution is 2.13. The minimum atomic E-state index is -3.47. The Hall–Kier alpha value is -0.890. The van der Waals surface area contributed by atoms with Crippen LogP contribution in [0.15, 0.2) is 17.2 Å². The zero-order valence-electron chi connectivity index (χ0n) is 13.5. The van der Waals surface area contributed by atoms with Crippen LogP contribution in [0.25, 0.3) is 0 Å². The molecular weight excluding hydrogens is 290 g/mol. The summed E-state index contributed by atoms with van der Waals surface area (Å²) in [6, 6.07) is 2.06. The smallest absolute Gasteiger partial charge is 0.242 e. The summed E-state index contributed by atoms with van der Waals surface area (Å²) in [6.45, 7) is 7.59. The van der Waals surface area contributed by atoms with E-state index in [1.165, 1.54) is 0 Å². The van der Waals surface area contributed by atoms with Crippen molar-refractivity contribution in [2.75, 3.05) is 20.3 Å². The highest BCUT2D eigenvalue weighted by atomic mass is 32.2. The van der Waals surface area contributed by atoms with Crippen LogP contribution in [0.1, 0.15) is 26.5 Å². The summed E-state index contributed by atoms with van der Waals surface area (Å²) >= 11 is 0. The van der Waals surface area contributed by atoms with Gasteiger partial charge < -0.3 is 14.6 Å². The summed E-state index contributed by atoms with van der Waals surface area (Å²) in [5.41, 5.74) is 0.939. The molecule has 2 N–H and O–H groups in total. The molecule has 0 saturated carbocycles. The third-order valence-electron chi connectivity index (χ3n) is 3.16. The predicted molar refractivity (Wildman–Crippen MR) is 83.6 cm³/mol. The molecular formula is C14H27N3O3S. The SMILES string of the molecule is COCC(C)CNS(=O)(=O)c1cc(CNC(C)C)n(C)c1. The van der Waals surface area contributed by atoms with Crippen LogP contribution in [0.2, 0.25) is 0 Å². The van der Waals surface area contributed by atoms with Gasteiger partial charge in [-0.25, -0.2) is 13.1 Å². The van der Waals surface area contributed by atoms with Gasteiger partial charge in [0.25, 0.3) is 0 Å². The van der Waals surface area contributed by atoms with Crippen molar-refractivity contribution in [3.8, 4) is 0 Å². The molecule has 1 aromatic heterocycles. The first-order valence-electron chi connectivity index (χ1n) is 7.13. The molecule has 0 bridgehead atoms. The minimum Gasteiger partial charge on any atom is -0.384 e. The molecule has 0 aliphatic heterocycles. The van der Waals surface area contributed by atoms with Crippen molar-refractivity contribution in [2.24, 2.45) is 13.0 Å². The maximum absolute atomic E-state index is 12.3. The number of ether oxygens (including phenoxy) is 1. The fraction of sp³-hybridized carbons (Fsp3) is 0.714. The number of rotatable bonds is 9. The van der Waals surface area contributed by atoms with Crippen molar-refractivity contribution in [3.05, 3.63) is 18.0 Å². The molecule has 1 unspecified atom stereocenters. The summed E-state index contributed by atoms with van der Waals surface area (Å²) in [5, 5.41) is 3.28. The predicted octanol–water partition coefficient (Wildman–Crippen LogP) is 1.08. The summed E-state index contributed by atoms with van der Waals surface area (Å²) in [7, 11) is -0.00962. The van der Waals surface area contributed by atoms with Crippen molar-refractivity contribution in [1.29, 1.82) is 0 Å². The normalized spacial score (nSPS) is 13.8. The topological polar surface area (TPSA) is 72.4 Å². The lowest BCUT2D eigenvalue weighted by atomic mass is 10.2. The maximum atomic E-state index is 12.3. The van der Waals surface area contributed by atoms with Crippen LogP contribution in [0.3, 0.4) is 0 Å². The van der Waals surface area contributed by atoms with Crippen LogP contribution in [-0.4, -0.2) is 39.3 Å². The first kappa shape index (κ1) is 18.2. The molecule has 0 radical (unpaired) electrons. The number of hydrogen-bond acceptors (Lipinski definition) is 4. The molecule has 0 fully saturated rings. The third-order valence-corrected chi connectivity index (χ3v) is 4.55. The Balaban J connectivity index is 2.73. The molecule has 0 aliphatic carbocycles. The molecule has 0 aliphatic rings. The summed E-state index contributed by atoms with van der Waals surface area (Å²) in [5.74, 6) is 0.135. The average Bonchev–Trinajstić information content (AvgIpc) is 2.77. The van der Waals surface area contributed by atoms with Gasteiger partial charge in [-0.15, -0.1) is 0 Å². The van der Waals surface area contributed by atoms with E-state index in [0.717, 1.165) is 5.69 Å². The van der Waals surface area contributed by atoms with E-state index in [0.29, 0.717) is 30.6 Å². The monoisotopic (exact) mass is 317 g/mol. The van der Waals surface area contributed by atoms with Crippen LogP contribution in [0.4, 0.5) is 0 Å².